The van der Waals surface area contributed by atoms with Crippen molar-refractivity contribution in [2.75, 3.05) is 26.2 Å². The average Bonchev–Trinajstić information content (AvgIpc) is 3.05. The molecule has 5 nitrogen and oxygen atoms in total. The predicted molar refractivity (Wildman–Crippen MR) is 120 cm³/mol. The first-order valence-electron chi connectivity index (χ1n) is 10.9. The highest BCUT2D eigenvalue weighted by molar-refractivity contribution is 6.21. The second-order valence-corrected chi connectivity index (χ2v) is 8.61. The Morgan fingerprint density at radius 1 is 1.00 bits per heavy atom. The first kappa shape index (κ1) is 21.9. The maximum Gasteiger partial charge on any atom is 0.261 e. The maximum atomic E-state index is 16.1. The smallest absolute Gasteiger partial charge is 0.261 e. The first-order valence-corrected chi connectivity index (χ1v) is 10.9. The second-order valence-electron chi connectivity index (χ2n) is 8.61. The average molecular weight is 432 g/mol. The molecular weight excluding hydrogens is 405 g/mol. The Kier molecular flexibility index (Phi) is 5.94. The van der Waals surface area contributed by atoms with Crippen molar-refractivity contribution >= 4 is 11.8 Å². The van der Waals surface area contributed by atoms with E-state index in [0.29, 0.717) is 37.1 Å². The molecule has 0 radical (unpaired) electrons. The lowest BCUT2D eigenvalue weighted by Crippen LogP contribution is -2.51. The zero-order valence-electron chi connectivity index (χ0n) is 18.1. The van der Waals surface area contributed by atoms with Gasteiger partial charge in [-0.15, -0.1) is 0 Å². The molecule has 0 aliphatic carbocycles. The van der Waals surface area contributed by atoms with Gasteiger partial charge in [-0.05, 0) is 43.5 Å². The molecule has 6 heteroatoms. The lowest BCUT2D eigenvalue weighted by molar-refractivity contribution is 0.0464. The molecule has 2 aliphatic heterocycles. The van der Waals surface area contributed by atoms with Crippen molar-refractivity contribution in [3.8, 4) is 6.07 Å². The van der Waals surface area contributed by atoms with Gasteiger partial charge in [0.1, 0.15) is 0 Å². The van der Waals surface area contributed by atoms with Gasteiger partial charge < -0.3 is 0 Å². The molecule has 164 valence electrons. The monoisotopic (exact) mass is 431 g/mol. The van der Waals surface area contributed by atoms with E-state index in [1.807, 2.05) is 35.2 Å². The number of hydrogen-bond acceptors (Lipinski definition) is 4. The third kappa shape index (κ3) is 3.96. The number of amides is 2. The van der Waals surface area contributed by atoms with Crippen LogP contribution < -0.4 is 0 Å². The standard InChI is InChI=1S/C26H26FN3O2/c1-2-12-26(27,19-30-23(31)21-10-6-7-11-22(21)24(30)32)18-29-15-13-25(17-28,14-16-29)20-8-4-3-5-9-20/h2-12H,13-16,18-19H2,1H3/b12-2+. The van der Waals surface area contributed by atoms with Crippen LogP contribution in [0.25, 0.3) is 0 Å². The molecule has 2 aromatic carbocycles. The van der Waals surface area contributed by atoms with Crippen molar-refractivity contribution in [2.45, 2.75) is 30.8 Å². The second kappa shape index (κ2) is 8.68. The third-order valence-corrected chi connectivity index (χ3v) is 6.50. The van der Waals surface area contributed by atoms with Crippen LogP contribution in [0.5, 0.6) is 0 Å². The summed E-state index contributed by atoms with van der Waals surface area (Å²) in [6.07, 6.45) is 4.25. The Bertz CT molecular complexity index is 1050. The summed E-state index contributed by atoms with van der Waals surface area (Å²) in [6.45, 7) is 2.58. The number of carbonyl (C=O) groups is 2. The number of hydrogen-bond donors (Lipinski definition) is 0. The minimum Gasteiger partial charge on any atom is -0.300 e. The number of likely N-dealkylation sites (tertiary alicyclic amines) is 1. The molecular formula is C26H26FN3O2. The number of fused-ring (bicyclic) bond motifs is 1. The normalized spacial score (nSPS) is 20.2. The molecule has 0 saturated carbocycles. The van der Waals surface area contributed by atoms with Crippen LogP contribution in [0.3, 0.4) is 0 Å². The topological polar surface area (TPSA) is 64.4 Å². The molecule has 2 aliphatic rings. The van der Waals surface area contributed by atoms with E-state index in [2.05, 4.69) is 6.07 Å². The highest BCUT2D eigenvalue weighted by atomic mass is 19.1. The van der Waals surface area contributed by atoms with Gasteiger partial charge in [0.2, 0.25) is 0 Å². The van der Waals surface area contributed by atoms with Gasteiger partial charge >= 0.3 is 0 Å². The summed E-state index contributed by atoms with van der Waals surface area (Å²) in [6, 6.07) is 18.8. The van der Waals surface area contributed by atoms with Crippen LogP contribution in [0.4, 0.5) is 4.39 Å². The van der Waals surface area contributed by atoms with Crippen LogP contribution in [0.1, 0.15) is 46.0 Å². The Morgan fingerprint density at radius 2 is 1.56 bits per heavy atom. The van der Waals surface area contributed by atoms with Crippen LogP contribution in [0.2, 0.25) is 0 Å². The van der Waals surface area contributed by atoms with Gasteiger partial charge in [-0.1, -0.05) is 48.5 Å². The van der Waals surface area contributed by atoms with Crippen molar-refractivity contribution in [1.29, 1.82) is 5.26 Å². The molecule has 0 bridgehead atoms. The van der Waals surface area contributed by atoms with Crippen molar-refractivity contribution in [1.82, 2.24) is 9.80 Å². The number of halogens is 1. The number of benzene rings is 2. The molecule has 2 amide bonds. The molecule has 2 aromatic rings. The van der Waals surface area contributed by atoms with E-state index in [0.717, 1.165) is 10.5 Å². The minimum atomic E-state index is -1.87. The summed E-state index contributed by atoms with van der Waals surface area (Å²) >= 11 is 0. The van der Waals surface area contributed by atoms with E-state index in [-0.39, 0.29) is 13.1 Å². The van der Waals surface area contributed by atoms with Crippen molar-refractivity contribution in [3.05, 3.63) is 83.4 Å². The lowest BCUT2D eigenvalue weighted by Gasteiger charge is -2.40. The zero-order valence-corrected chi connectivity index (χ0v) is 18.1. The van der Waals surface area contributed by atoms with Gasteiger partial charge in [-0.2, -0.15) is 5.26 Å². The number of allylic oxidation sites excluding steroid dienone is 1. The van der Waals surface area contributed by atoms with Gasteiger partial charge in [0.05, 0.1) is 29.2 Å². The molecule has 0 aromatic heterocycles. The van der Waals surface area contributed by atoms with Crippen molar-refractivity contribution < 1.29 is 14.0 Å². The number of rotatable bonds is 6. The van der Waals surface area contributed by atoms with Gasteiger partial charge in [0, 0.05) is 19.6 Å². The van der Waals surface area contributed by atoms with E-state index in [9.17, 15) is 14.9 Å². The van der Waals surface area contributed by atoms with Gasteiger partial charge in [-0.25, -0.2) is 4.39 Å². The molecule has 2 heterocycles. The Balaban J connectivity index is 1.47. The fourth-order valence-electron chi connectivity index (χ4n) is 4.79. The Hall–Kier alpha value is -3.30. The highest BCUT2D eigenvalue weighted by Crippen LogP contribution is 2.36. The largest absolute Gasteiger partial charge is 0.300 e. The quantitative estimate of drug-likeness (QED) is 0.510. The molecule has 0 N–H and O–H groups in total. The molecule has 4 rings (SSSR count). The van der Waals surface area contributed by atoms with Crippen LogP contribution >= 0.6 is 0 Å². The molecule has 0 spiro atoms. The van der Waals surface area contributed by atoms with Crippen molar-refractivity contribution in [2.24, 2.45) is 0 Å². The molecule has 1 fully saturated rings. The number of imide groups is 1. The van der Waals surface area contributed by atoms with Crippen LogP contribution in [-0.2, 0) is 5.41 Å². The van der Waals surface area contributed by atoms with Gasteiger partial charge in [0.15, 0.2) is 5.67 Å². The SMILES string of the molecule is C/C=C/C(F)(CN1CCC(C#N)(c2ccccc2)CC1)CN1C(=O)c2ccccc2C1=O. The summed E-state index contributed by atoms with van der Waals surface area (Å²) in [5, 5.41) is 9.90. The number of carbonyl (C=O) groups excluding carboxylic acids is 2. The Morgan fingerprint density at radius 3 is 2.09 bits per heavy atom. The number of nitriles is 1. The predicted octanol–water partition coefficient (Wildman–Crippen LogP) is 4.12. The molecule has 1 unspecified atom stereocenters. The van der Waals surface area contributed by atoms with E-state index in [1.165, 1.54) is 6.08 Å². The molecule has 1 atom stereocenters. The lowest BCUT2D eigenvalue weighted by atomic mass is 9.74. The number of nitrogens with zero attached hydrogens (tertiary/aromatic N) is 3. The summed E-state index contributed by atoms with van der Waals surface area (Å²) in [4.78, 5) is 28.4. The van der Waals surface area contributed by atoms with E-state index in [1.54, 1.807) is 37.3 Å². The van der Waals surface area contributed by atoms with E-state index in [4.69, 9.17) is 0 Å². The summed E-state index contributed by atoms with van der Waals surface area (Å²) in [5.41, 5.74) is -0.811. The third-order valence-electron chi connectivity index (χ3n) is 6.50. The van der Waals surface area contributed by atoms with E-state index < -0.39 is 22.9 Å². The minimum absolute atomic E-state index is 0.0566. The van der Waals surface area contributed by atoms with Crippen LogP contribution in [0, 0.1) is 11.3 Å². The summed E-state index contributed by atoms with van der Waals surface area (Å²) in [7, 11) is 0. The molecule has 1 saturated heterocycles. The number of alkyl halides is 1. The molecule has 32 heavy (non-hydrogen) atoms. The van der Waals surface area contributed by atoms with Crippen molar-refractivity contribution in [3.63, 3.8) is 0 Å². The maximum absolute atomic E-state index is 16.1. The first-order chi connectivity index (χ1) is 15.4. The van der Waals surface area contributed by atoms with Crippen LogP contribution in [-0.4, -0.2) is 53.5 Å². The fourth-order valence-corrected chi connectivity index (χ4v) is 4.79. The fraction of sp³-hybridized carbons (Fsp3) is 0.346. The van der Waals surface area contributed by atoms with E-state index >= 15 is 4.39 Å². The number of piperidine rings is 1. The van der Waals surface area contributed by atoms with Gasteiger partial charge in [-0.3, -0.25) is 19.4 Å². The van der Waals surface area contributed by atoms with Gasteiger partial charge in [0.25, 0.3) is 11.8 Å². The highest BCUT2D eigenvalue weighted by Gasteiger charge is 2.43. The Labute approximate surface area is 187 Å². The van der Waals surface area contributed by atoms with Crippen LogP contribution in [0.15, 0.2) is 66.7 Å². The zero-order chi connectivity index (χ0) is 22.8. The summed E-state index contributed by atoms with van der Waals surface area (Å²) in [5.74, 6) is -0.910. The summed E-state index contributed by atoms with van der Waals surface area (Å²) < 4.78 is 16.1.